The molecule has 1 aromatic carbocycles. The van der Waals surface area contributed by atoms with E-state index in [1.54, 1.807) is 0 Å². The number of aryl methyl sites for hydroxylation is 2. The van der Waals surface area contributed by atoms with Crippen LogP contribution in [0.25, 0.3) is 0 Å². The minimum Gasteiger partial charge on any atom is -0.352 e. The van der Waals surface area contributed by atoms with Gasteiger partial charge in [0.15, 0.2) is 0 Å². The van der Waals surface area contributed by atoms with E-state index in [2.05, 4.69) is 24.4 Å². The van der Waals surface area contributed by atoms with Crippen molar-refractivity contribution in [3.8, 4) is 0 Å². The lowest BCUT2D eigenvalue weighted by molar-refractivity contribution is 0.0945. The van der Waals surface area contributed by atoms with Gasteiger partial charge in [0.1, 0.15) is 0 Å². The molecule has 1 amide bonds. The normalized spacial score (nSPS) is 15.1. The summed E-state index contributed by atoms with van der Waals surface area (Å²) in [6.07, 6.45) is 0.962. The predicted octanol–water partition coefficient (Wildman–Crippen LogP) is 1.59. The molecule has 68 valence electrons. The third-order valence-corrected chi connectivity index (χ3v) is 2.47. The van der Waals surface area contributed by atoms with Crippen LogP contribution in [-0.2, 0) is 6.42 Å². The van der Waals surface area contributed by atoms with Gasteiger partial charge in [-0.3, -0.25) is 4.79 Å². The van der Waals surface area contributed by atoms with E-state index in [0.717, 1.165) is 24.1 Å². The van der Waals surface area contributed by atoms with Crippen molar-refractivity contribution in [2.45, 2.75) is 20.3 Å². The highest BCUT2D eigenvalue weighted by Crippen LogP contribution is 2.19. The zero-order valence-corrected chi connectivity index (χ0v) is 7.98. The summed E-state index contributed by atoms with van der Waals surface area (Å²) < 4.78 is 0. The molecule has 1 aliphatic heterocycles. The van der Waals surface area contributed by atoms with Crippen molar-refractivity contribution in [2.24, 2.45) is 0 Å². The predicted molar refractivity (Wildman–Crippen MR) is 52.0 cm³/mol. The molecule has 0 spiro atoms. The first-order valence-corrected chi connectivity index (χ1v) is 4.57. The molecule has 0 saturated heterocycles. The summed E-state index contributed by atoms with van der Waals surface area (Å²) in [5.41, 5.74) is 4.41. The summed E-state index contributed by atoms with van der Waals surface area (Å²) in [6.45, 7) is 4.84. The summed E-state index contributed by atoms with van der Waals surface area (Å²) in [5.74, 6) is 0.0822. The molecule has 0 saturated carbocycles. The van der Waals surface area contributed by atoms with Gasteiger partial charge in [-0.1, -0.05) is 17.7 Å². The molecule has 0 fully saturated rings. The van der Waals surface area contributed by atoms with Crippen LogP contribution in [0.2, 0.25) is 0 Å². The monoisotopic (exact) mass is 175 g/mol. The van der Waals surface area contributed by atoms with E-state index in [1.807, 2.05) is 6.92 Å². The van der Waals surface area contributed by atoms with Crippen molar-refractivity contribution in [3.63, 3.8) is 0 Å². The highest BCUT2D eigenvalue weighted by Gasteiger charge is 2.18. The summed E-state index contributed by atoms with van der Waals surface area (Å²) in [4.78, 5) is 11.5. The Bertz CT molecular complexity index is 369. The van der Waals surface area contributed by atoms with Crippen molar-refractivity contribution in [3.05, 3.63) is 34.4 Å². The second kappa shape index (κ2) is 2.87. The molecule has 0 radical (unpaired) electrons. The van der Waals surface area contributed by atoms with E-state index in [1.165, 1.54) is 11.1 Å². The summed E-state index contributed by atoms with van der Waals surface area (Å²) in [6, 6.07) is 4.17. The zero-order chi connectivity index (χ0) is 9.42. The van der Waals surface area contributed by atoms with Gasteiger partial charge in [0, 0.05) is 12.1 Å². The number of nitrogens with one attached hydrogen (secondary N) is 1. The number of fused-ring (bicyclic) bond motifs is 1. The maximum Gasteiger partial charge on any atom is 0.251 e. The van der Waals surface area contributed by atoms with Crippen LogP contribution >= 0.6 is 0 Å². The number of carbonyl (C=O) groups is 1. The maximum absolute atomic E-state index is 11.5. The molecule has 1 aliphatic rings. The number of carbonyl (C=O) groups excluding carboxylic acids is 1. The molecule has 2 nitrogen and oxygen atoms in total. The van der Waals surface area contributed by atoms with E-state index in [9.17, 15) is 4.79 Å². The van der Waals surface area contributed by atoms with E-state index in [0.29, 0.717) is 0 Å². The van der Waals surface area contributed by atoms with Crippen molar-refractivity contribution in [1.29, 1.82) is 0 Å². The number of amides is 1. The molecule has 2 rings (SSSR count). The van der Waals surface area contributed by atoms with E-state index in [-0.39, 0.29) is 5.91 Å². The molecule has 13 heavy (non-hydrogen) atoms. The van der Waals surface area contributed by atoms with E-state index >= 15 is 0 Å². The first-order chi connectivity index (χ1) is 6.18. The third kappa shape index (κ3) is 1.32. The van der Waals surface area contributed by atoms with Crippen LogP contribution in [0.5, 0.6) is 0 Å². The fraction of sp³-hybridized carbons (Fsp3) is 0.364. The minimum atomic E-state index is 0.0822. The molecular formula is C11H13NO. The maximum atomic E-state index is 11.5. The molecule has 0 atom stereocenters. The molecule has 0 unspecified atom stereocenters. The van der Waals surface area contributed by atoms with Crippen molar-refractivity contribution < 1.29 is 4.79 Å². The van der Waals surface area contributed by atoms with E-state index < -0.39 is 0 Å². The Morgan fingerprint density at radius 1 is 1.31 bits per heavy atom. The largest absolute Gasteiger partial charge is 0.352 e. The number of hydrogen-bond donors (Lipinski definition) is 1. The van der Waals surface area contributed by atoms with Gasteiger partial charge in [-0.05, 0) is 31.4 Å². The Kier molecular flexibility index (Phi) is 1.83. The third-order valence-electron chi connectivity index (χ3n) is 2.47. The van der Waals surface area contributed by atoms with Gasteiger partial charge in [-0.25, -0.2) is 0 Å². The van der Waals surface area contributed by atoms with Crippen molar-refractivity contribution in [1.82, 2.24) is 5.32 Å². The topological polar surface area (TPSA) is 29.1 Å². The molecule has 1 heterocycles. The Hall–Kier alpha value is -1.31. The van der Waals surface area contributed by atoms with E-state index in [4.69, 9.17) is 0 Å². The van der Waals surface area contributed by atoms with Gasteiger partial charge in [0.25, 0.3) is 5.91 Å². The number of rotatable bonds is 0. The van der Waals surface area contributed by atoms with Crippen LogP contribution in [0.15, 0.2) is 12.1 Å². The average molecular weight is 175 g/mol. The van der Waals surface area contributed by atoms with Crippen LogP contribution in [0.4, 0.5) is 0 Å². The lowest BCUT2D eigenvalue weighted by Gasteiger charge is -2.18. The molecule has 1 N–H and O–H groups in total. The standard InChI is InChI=1S/C11H13NO/c1-7-5-8(2)10-9(6-7)3-4-12-11(10)13/h5-6H,3-4H2,1-2H3,(H,12,13). The Morgan fingerprint density at radius 3 is 2.85 bits per heavy atom. The first-order valence-electron chi connectivity index (χ1n) is 4.57. The Morgan fingerprint density at radius 2 is 2.08 bits per heavy atom. The van der Waals surface area contributed by atoms with Crippen LogP contribution in [0.3, 0.4) is 0 Å². The van der Waals surface area contributed by atoms with Crippen LogP contribution in [-0.4, -0.2) is 12.5 Å². The van der Waals surface area contributed by atoms with Gasteiger partial charge in [0.2, 0.25) is 0 Å². The highest BCUT2D eigenvalue weighted by atomic mass is 16.1. The minimum absolute atomic E-state index is 0.0822. The van der Waals surface area contributed by atoms with Gasteiger partial charge >= 0.3 is 0 Å². The molecular weight excluding hydrogens is 162 g/mol. The lowest BCUT2D eigenvalue weighted by atomic mass is 9.94. The highest BCUT2D eigenvalue weighted by molar-refractivity contribution is 5.98. The van der Waals surface area contributed by atoms with Gasteiger partial charge < -0.3 is 5.32 Å². The molecule has 1 aromatic rings. The van der Waals surface area contributed by atoms with Gasteiger partial charge in [0.05, 0.1) is 0 Å². The van der Waals surface area contributed by atoms with Crippen molar-refractivity contribution >= 4 is 5.91 Å². The fourth-order valence-corrected chi connectivity index (χ4v) is 1.98. The van der Waals surface area contributed by atoms with Gasteiger partial charge in [-0.2, -0.15) is 0 Å². The summed E-state index contributed by atoms with van der Waals surface area (Å²) >= 11 is 0. The smallest absolute Gasteiger partial charge is 0.251 e. The van der Waals surface area contributed by atoms with Crippen LogP contribution < -0.4 is 5.32 Å². The lowest BCUT2D eigenvalue weighted by Crippen LogP contribution is -2.32. The number of hydrogen-bond acceptors (Lipinski definition) is 1. The molecule has 0 aromatic heterocycles. The molecule has 0 bridgehead atoms. The first kappa shape index (κ1) is 8.30. The van der Waals surface area contributed by atoms with Crippen molar-refractivity contribution in [2.75, 3.05) is 6.54 Å². The quantitative estimate of drug-likeness (QED) is 0.637. The van der Waals surface area contributed by atoms with Crippen LogP contribution in [0, 0.1) is 13.8 Å². The second-order valence-corrected chi connectivity index (χ2v) is 3.62. The Balaban J connectivity index is 2.63. The number of benzene rings is 1. The Labute approximate surface area is 78.0 Å². The molecule has 0 aliphatic carbocycles. The van der Waals surface area contributed by atoms with Gasteiger partial charge in [-0.15, -0.1) is 0 Å². The summed E-state index contributed by atoms with van der Waals surface area (Å²) in [5, 5.41) is 2.86. The fourth-order valence-electron chi connectivity index (χ4n) is 1.98. The zero-order valence-electron chi connectivity index (χ0n) is 7.98. The summed E-state index contributed by atoms with van der Waals surface area (Å²) in [7, 11) is 0. The van der Waals surface area contributed by atoms with Crippen LogP contribution in [0.1, 0.15) is 27.0 Å². The SMILES string of the molecule is Cc1cc(C)c2c(c1)CCNC2=O. The molecule has 2 heteroatoms. The second-order valence-electron chi connectivity index (χ2n) is 3.62. The average Bonchev–Trinajstić information content (AvgIpc) is 2.02.